The maximum atomic E-state index is 13.3. The van der Waals surface area contributed by atoms with E-state index in [9.17, 15) is 9.18 Å². The summed E-state index contributed by atoms with van der Waals surface area (Å²) >= 11 is 0. The number of carbonyl (C=O) groups excluding carboxylic acids is 1. The molecular weight excluding hydrogens is 219 g/mol. The molecule has 1 amide bonds. The summed E-state index contributed by atoms with van der Waals surface area (Å²) in [4.78, 5) is 11.5. The Balaban J connectivity index is 2.38. The van der Waals surface area contributed by atoms with Gasteiger partial charge in [-0.2, -0.15) is 0 Å². The third kappa shape index (κ3) is 4.15. The average molecular weight is 238 g/mol. The van der Waals surface area contributed by atoms with Crippen molar-refractivity contribution < 1.29 is 9.18 Å². The number of benzene rings is 1. The Morgan fingerprint density at radius 1 is 1.41 bits per heavy atom. The Morgan fingerprint density at radius 3 is 2.65 bits per heavy atom. The lowest BCUT2D eigenvalue weighted by molar-refractivity contribution is -0.123. The molecule has 0 fully saturated rings. The van der Waals surface area contributed by atoms with Crippen LogP contribution < -0.4 is 11.1 Å². The fourth-order valence-corrected chi connectivity index (χ4v) is 1.44. The minimum absolute atomic E-state index is 0.100. The van der Waals surface area contributed by atoms with Crippen molar-refractivity contribution in [3.63, 3.8) is 0 Å². The van der Waals surface area contributed by atoms with E-state index in [-0.39, 0.29) is 17.6 Å². The van der Waals surface area contributed by atoms with Crippen LogP contribution in [0.2, 0.25) is 0 Å². The third-order valence-electron chi connectivity index (χ3n) is 2.67. The highest BCUT2D eigenvalue weighted by atomic mass is 19.1. The van der Waals surface area contributed by atoms with Crippen molar-refractivity contribution in [3.8, 4) is 0 Å². The molecule has 0 aliphatic rings. The Kier molecular flexibility index (Phi) is 5.10. The topological polar surface area (TPSA) is 55.1 Å². The molecule has 1 rings (SSSR count). The number of nitrogens with two attached hydrogens (primary N) is 1. The predicted octanol–water partition coefficient (Wildman–Crippen LogP) is 1.47. The van der Waals surface area contributed by atoms with E-state index < -0.39 is 6.04 Å². The second-order valence-corrected chi connectivity index (χ2v) is 4.40. The van der Waals surface area contributed by atoms with Gasteiger partial charge in [0.05, 0.1) is 6.04 Å². The molecule has 1 aromatic rings. The minimum Gasteiger partial charge on any atom is -0.354 e. The first-order valence-electron chi connectivity index (χ1n) is 5.79. The van der Waals surface area contributed by atoms with Crippen LogP contribution >= 0.6 is 0 Å². The first kappa shape index (κ1) is 13.6. The number of amides is 1. The van der Waals surface area contributed by atoms with E-state index in [0.717, 1.165) is 0 Å². The smallest absolute Gasteiger partial charge is 0.237 e. The van der Waals surface area contributed by atoms with E-state index >= 15 is 0 Å². The molecule has 0 aromatic heterocycles. The van der Waals surface area contributed by atoms with Gasteiger partial charge in [0.2, 0.25) is 5.91 Å². The monoisotopic (exact) mass is 238 g/mol. The number of carbonyl (C=O) groups is 1. The van der Waals surface area contributed by atoms with Gasteiger partial charge in [-0.15, -0.1) is 0 Å². The first-order valence-corrected chi connectivity index (χ1v) is 5.79. The lowest BCUT2D eigenvalue weighted by atomic mass is 10.0. The van der Waals surface area contributed by atoms with Crippen molar-refractivity contribution in [2.24, 2.45) is 11.7 Å². The zero-order valence-corrected chi connectivity index (χ0v) is 10.2. The summed E-state index contributed by atoms with van der Waals surface area (Å²) in [7, 11) is 0. The second kappa shape index (κ2) is 6.35. The van der Waals surface area contributed by atoms with Gasteiger partial charge in [-0.25, -0.2) is 4.39 Å². The van der Waals surface area contributed by atoms with Crippen molar-refractivity contribution in [1.82, 2.24) is 5.32 Å². The molecule has 0 spiro atoms. The molecule has 0 unspecified atom stereocenters. The fourth-order valence-electron chi connectivity index (χ4n) is 1.44. The van der Waals surface area contributed by atoms with Crippen molar-refractivity contribution in [2.45, 2.75) is 26.3 Å². The van der Waals surface area contributed by atoms with Gasteiger partial charge in [-0.3, -0.25) is 4.79 Å². The molecule has 0 aliphatic heterocycles. The fraction of sp³-hybridized carbons (Fsp3) is 0.462. The lowest BCUT2D eigenvalue weighted by Crippen LogP contribution is -2.44. The van der Waals surface area contributed by atoms with Crippen molar-refractivity contribution >= 4 is 5.91 Å². The summed E-state index contributed by atoms with van der Waals surface area (Å²) in [6, 6.07) is 6.04. The van der Waals surface area contributed by atoms with E-state index in [0.29, 0.717) is 18.5 Å². The van der Waals surface area contributed by atoms with Gasteiger partial charge in [0, 0.05) is 6.54 Å². The summed E-state index contributed by atoms with van der Waals surface area (Å²) in [5.41, 5.74) is 6.29. The Hall–Kier alpha value is -1.42. The zero-order chi connectivity index (χ0) is 12.8. The quantitative estimate of drug-likeness (QED) is 0.816. The maximum absolute atomic E-state index is 13.3. The second-order valence-electron chi connectivity index (χ2n) is 4.40. The number of nitrogens with one attached hydrogen (secondary N) is 1. The normalized spacial score (nSPS) is 12.5. The highest BCUT2D eigenvalue weighted by Crippen LogP contribution is 2.06. The van der Waals surface area contributed by atoms with Crippen LogP contribution in [-0.2, 0) is 11.2 Å². The molecule has 0 bridgehead atoms. The van der Waals surface area contributed by atoms with Crippen molar-refractivity contribution in [2.75, 3.05) is 6.54 Å². The van der Waals surface area contributed by atoms with Crippen LogP contribution in [0.15, 0.2) is 24.3 Å². The van der Waals surface area contributed by atoms with E-state index in [1.54, 1.807) is 18.2 Å². The molecule has 0 radical (unpaired) electrons. The molecule has 0 saturated heterocycles. The number of halogens is 1. The molecule has 0 saturated carbocycles. The van der Waals surface area contributed by atoms with E-state index in [4.69, 9.17) is 5.73 Å². The molecule has 4 heteroatoms. The third-order valence-corrected chi connectivity index (χ3v) is 2.67. The van der Waals surface area contributed by atoms with Crippen LogP contribution in [0.4, 0.5) is 4.39 Å². The highest BCUT2D eigenvalue weighted by Gasteiger charge is 2.16. The van der Waals surface area contributed by atoms with Crippen LogP contribution in [0.1, 0.15) is 19.4 Å². The molecule has 1 aromatic carbocycles. The summed E-state index contributed by atoms with van der Waals surface area (Å²) in [5, 5.41) is 2.71. The molecule has 94 valence electrons. The van der Waals surface area contributed by atoms with Crippen molar-refractivity contribution in [3.05, 3.63) is 35.6 Å². The highest BCUT2D eigenvalue weighted by molar-refractivity contribution is 5.81. The largest absolute Gasteiger partial charge is 0.354 e. The van der Waals surface area contributed by atoms with Gasteiger partial charge in [0.15, 0.2) is 0 Å². The zero-order valence-electron chi connectivity index (χ0n) is 10.2. The van der Waals surface area contributed by atoms with Gasteiger partial charge in [-0.05, 0) is 24.0 Å². The Morgan fingerprint density at radius 2 is 2.06 bits per heavy atom. The average Bonchev–Trinajstić information content (AvgIpc) is 2.30. The molecule has 0 heterocycles. The van der Waals surface area contributed by atoms with Gasteiger partial charge in [0.1, 0.15) is 5.82 Å². The van der Waals surface area contributed by atoms with Crippen LogP contribution in [0.25, 0.3) is 0 Å². The first-order chi connectivity index (χ1) is 8.02. The number of rotatable bonds is 5. The molecule has 3 N–H and O–H groups in total. The molecule has 17 heavy (non-hydrogen) atoms. The molecule has 3 nitrogen and oxygen atoms in total. The van der Waals surface area contributed by atoms with Gasteiger partial charge >= 0.3 is 0 Å². The van der Waals surface area contributed by atoms with E-state index in [1.807, 2.05) is 13.8 Å². The maximum Gasteiger partial charge on any atom is 0.237 e. The molecular formula is C13H19FN2O. The van der Waals surface area contributed by atoms with E-state index in [2.05, 4.69) is 5.32 Å². The Bertz CT molecular complexity index is 379. The summed E-state index contributed by atoms with van der Waals surface area (Å²) in [5.74, 6) is -0.324. The number of hydrogen-bond donors (Lipinski definition) is 2. The SMILES string of the molecule is CC(C)[C@@H](N)C(=O)NCCc1ccccc1F. The van der Waals surface area contributed by atoms with Gasteiger partial charge < -0.3 is 11.1 Å². The van der Waals surface area contributed by atoms with Crippen LogP contribution in [0, 0.1) is 11.7 Å². The molecule has 0 aliphatic carbocycles. The van der Waals surface area contributed by atoms with Gasteiger partial charge in [0.25, 0.3) is 0 Å². The standard InChI is InChI=1S/C13H19FN2O/c1-9(2)12(15)13(17)16-8-7-10-5-3-4-6-11(10)14/h3-6,9,12H,7-8,15H2,1-2H3,(H,16,17)/t12-/m1/s1. The predicted molar refractivity (Wildman–Crippen MR) is 65.9 cm³/mol. The summed E-state index contributed by atoms with van der Waals surface area (Å²) in [6.45, 7) is 4.18. The van der Waals surface area contributed by atoms with Crippen molar-refractivity contribution in [1.29, 1.82) is 0 Å². The summed E-state index contributed by atoms with van der Waals surface area (Å²) < 4.78 is 13.3. The van der Waals surface area contributed by atoms with Crippen LogP contribution in [-0.4, -0.2) is 18.5 Å². The van der Waals surface area contributed by atoms with Crippen LogP contribution in [0.5, 0.6) is 0 Å². The number of hydrogen-bond acceptors (Lipinski definition) is 2. The summed E-state index contributed by atoms with van der Waals surface area (Å²) in [6.07, 6.45) is 0.475. The molecule has 1 atom stereocenters. The lowest BCUT2D eigenvalue weighted by Gasteiger charge is -2.15. The Labute approximate surface area is 101 Å². The van der Waals surface area contributed by atoms with E-state index in [1.165, 1.54) is 6.07 Å². The minimum atomic E-state index is -0.504. The van der Waals surface area contributed by atoms with Gasteiger partial charge in [-0.1, -0.05) is 32.0 Å². The van der Waals surface area contributed by atoms with Crippen LogP contribution in [0.3, 0.4) is 0 Å².